The molecule has 4 aromatic heterocycles. The monoisotopic (exact) mass is 1870 g/mol. The summed E-state index contributed by atoms with van der Waals surface area (Å²) in [5, 5.41) is 40.1. The van der Waals surface area contributed by atoms with E-state index in [1.165, 1.54) is 18.3 Å². The van der Waals surface area contributed by atoms with Crippen LogP contribution in [0.3, 0.4) is 0 Å². The van der Waals surface area contributed by atoms with Gasteiger partial charge in [-0.3, -0.25) is 4.79 Å². The molecular weight excluding hydrogens is 1760 g/mol. The number of carbonyl (C=O) groups is 1. The predicted molar refractivity (Wildman–Crippen MR) is 499 cm³/mol. The summed E-state index contributed by atoms with van der Waals surface area (Å²) in [5.41, 5.74) is 11.4. The van der Waals surface area contributed by atoms with Gasteiger partial charge in [0, 0.05) is 63.7 Å². The lowest BCUT2D eigenvalue weighted by atomic mass is 9.98. The summed E-state index contributed by atoms with van der Waals surface area (Å²) < 4.78 is 79.4. The van der Waals surface area contributed by atoms with E-state index < -0.39 is 48.5 Å². The molecule has 4 fully saturated rings. The van der Waals surface area contributed by atoms with Gasteiger partial charge in [0.25, 0.3) is 0 Å². The van der Waals surface area contributed by atoms with Crippen LogP contribution >= 0.6 is 22.6 Å². The Morgan fingerprint density at radius 1 is 0.362 bits per heavy atom. The number of halogens is 1. The molecule has 17 rings (SSSR count). The van der Waals surface area contributed by atoms with Crippen molar-refractivity contribution < 1.29 is 86.8 Å². The topological polar surface area (TPSA) is 290 Å². The summed E-state index contributed by atoms with van der Waals surface area (Å²) in [6.07, 6.45) is 1.27. The lowest BCUT2D eigenvalue weighted by Gasteiger charge is -2.30. The van der Waals surface area contributed by atoms with Gasteiger partial charge < -0.3 is 87.0 Å². The molecule has 9 aromatic carbocycles. The van der Waals surface area contributed by atoms with Crippen LogP contribution < -0.4 is 19.8 Å². The van der Waals surface area contributed by atoms with E-state index in [0.29, 0.717) is 101 Å². The van der Waals surface area contributed by atoms with Gasteiger partial charge in [-0.05, 0) is 122 Å². The minimum absolute atomic E-state index is 0.0801. The Bertz CT molecular complexity index is 5420. The molecule has 4 unspecified atom stereocenters. The van der Waals surface area contributed by atoms with Crippen molar-refractivity contribution in [3.05, 3.63) is 427 Å². The Hall–Kier alpha value is -11.5. The standard InChI is InChI=1S/C32H33NO5.C32H33NO4.C20H22O4.C12H10INO.C10H13NO5/c1-2-28-30(36-22-25-14-8-4-9-15-25)31(37-23-26-16-10-5-11-17-26)32(34,38-28)27-18-19-29(33-20-27)35-21-24-12-6-3-7-13-24;1-2-28-31(35-22-25-14-8-4-9-15-25)32(36-23-26-16-10-5-11-17-26)30(37-28)27-18-19-29(33-20-27)34-21-24-12-6-3-7-13-24;1-2-17-18(22-13-15-9-5-3-6-10-15)19(20(21)24-17)23-14-16-11-7-4-8-12-16;13-11-6-7-12(14-8-11)15-9-10-4-2-1-3-5-10;12-4-6-8(14)9(15)10(16-6)5-1-2-7(13)11-3-5/h3-20,28,30-31,34H,2,21-23H2,1H3;3-20,28,30-32H,2,21-23H2,1H3;3-12,17-19H,2,13-14H2,1H3;1-8H,9H2;1-3,6,8-10,12,14-15H,4H2,(H,11,13)/t28-,30?,31+,32+;28-,30+,31?,32-;17-,18?,19+;;6-,8?,9+,10+/m111.1/s1. The van der Waals surface area contributed by atoms with Gasteiger partial charge in [-0.15, -0.1) is 0 Å². The SMILES string of the molecule is CC[C@H]1OC(=O)[C@@H](OCc2ccccc2)C1OCc1ccccc1.CC[C@H]1O[C@@H](c2ccc(OCc3ccccc3)nc2)[C@@H](OCc2ccccc2)C1OCc1ccccc1.CC[C@H]1O[C@@](O)(c2ccc(OCc3ccccc3)nc2)[C@@H](OCc2ccccc2)C1OCc1ccccc1.Ic1ccc(OCc2ccccc2)nc1.O=c1ccc([C@@H]2O[C@H](CO)C(O)[C@@H]2O)c[nH]1. The molecule has 130 heavy (non-hydrogen) atoms. The van der Waals surface area contributed by atoms with Crippen molar-refractivity contribution in [1.29, 1.82) is 0 Å². The molecule has 4 aliphatic rings. The molecule has 15 atom stereocenters. The van der Waals surface area contributed by atoms with Gasteiger partial charge >= 0.3 is 5.97 Å². The summed E-state index contributed by atoms with van der Waals surface area (Å²) in [7, 11) is 0. The molecule has 0 aliphatic carbocycles. The number of benzene rings is 9. The first-order chi connectivity index (χ1) is 63.7. The molecule has 0 amide bonds. The summed E-state index contributed by atoms with van der Waals surface area (Å²) in [5.74, 6) is -0.363. The highest BCUT2D eigenvalue weighted by molar-refractivity contribution is 14.1. The van der Waals surface area contributed by atoms with Crippen LogP contribution in [0.5, 0.6) is 17.6 Å². The van der Waals surface area contributed by atoms with Crippen LogP contribution in [-0.4, -0.2) is 126 Å². The summed E-state index contributed by atoms with van der Waals surface area (Å²) in [6, 6.07) is 104. The van der Waals surface area contributed by atoms with E-state index in [1.807, 2.05) is 293 Å². The average Bonchev–Trinajstić information content (AvgIpc) is 1.60. The van der Waals surface area contributed by atoms with E-state index in [9.17, 15) is 24.9 Å². The van der Waals surface area contributed by atoms with E-state index in [0.717, 1.165) is 65.6 Å². The van der Waals surface area contributed by atoms with Crippen LogP contribution in [-0.2, 0) is 117 Å². The second-order valence-electron chi connectivity index (χ2n) is 31.3. The second-order valence-corrected chi connectivity index (χ2v) is 32.6. The summed E-state index contributed by atoms with van der Waals surface area (Å²) in [4.78, 5) is 38.6. The van der Waals surface area contributed by atoms with Gasteiger partial charge in [-0.1, -0.05) is 294 Å². The third-order valence-corrected chi connectivity index (χ3v) is 22.7. The largest absolute Gasteiger partial charge is 0.473 e. The van der Waals surface area contributed by atoms with Gasteiger partial charge in [0.2, 0.25) is 29.0 Å². The lowest BCUT2D eigenvalue weighted by Crippen LogP contribution is -2.44. The maximum Gasteiger partial charge on any atom is 0.338 e. The minimum Gasteiger partial charge on any atom is -0.473 e. The molecular formula is C106H111IN4O19. The zero-order chi connectivity index (χ0) is 90.5. The highest BCUT2D eigenvalue weighted by atomic mass is 127. The van der Waals surface area contributed by atoms with Crippen LogP contribution in [0.1, 0.15) is 119 Å². The van der Waals surface area contributed by atoms with Crippen LogP contribution in [0.15, 0.2) is 351 Å². The highest BCUT2D eigenvalue weighted by Gasteiger charge is 2.57. The fourth-order valence-corrected chi connectivity index (χ4v) is 15.4. The molecule has 0 spiro atoms. The van der Waals surface area contributed by atoms with Crippen molar-refractivity contribution in [3.8, 4) is 17.6 Å². The Morgan fingerprint density at radius 3 is 1.11 bits per heavy atom. The van der Waals surface area contributed by atoms with E-state index >= 15 is 0 Å². The van der Waals surface area contributed by atoms with Crippen molar-refractivity contribution in [1.82, 2.24) is 19.9 Å². The maximum atomic E-state index is 12.2. The quantitative estimate of drug-likeness (QED) is 0.0185. The average molecular weight is 1870 g/mol. The first kappa shape index (κ1) is 96.0. The number of rotatable bonds is 34. The fourth-order valence-electron chi connectivity index (χ4n) is 15.1. The number of H-pyrrole nitrogens is 1. The van der Waals surface area contributed by atoms with E-state index in [2.05, 4.69) is 73.7 Å². The van der Waals surface area contributed by atoms with Crippen molar-refractivity contribution in [3.63, 3.8) is 0 Å². The number of hydrogen-bond acceptors (Lipinski definition) is 22. The highest BCUT2D eigenvalue weighted by Crippen LogP contribution is 2.44. The molecule has 5 N–H and O–H groups in total. The van der Waals surface area contributed by atoms with Crippen molar-refractivity contribution in [2.45, 2.75) is 191 Å². The second kappa shape index (κ2) is 50.6. The number of esters is 1. The number of cyclic esters (lactones) is 1. The Kier molecular flexibility index (Phi) is 37.4. The molecule has 0 saturated carbocycles. The number of nitrogens with zero attached hydrogens (tertiary/aromatic N) is 3. The zero-order valence-corrected chi connectivity index (χ0v) is 75.0. The number of ether oxygens (including phenoxy) is 13. The van der Waals surface area contributed by atoms with Crippen LogP contribution in [0.2, 0.25) is 0 Å². The molecule has 24 heteroatoms. The van der Waals surface area contributed by atoms with Crippen molar-refractivity contribution in [2.75, 3.05) is 6.61 Å². The molecule has 4 aliphatic heterocycles. The van der Waals surface area contributed by atoms with Gasteiger partial charge in [0.05, 0.1) is 58.5 Å². The smallest absolute Gasteiger partial charge is 0.338 e. The number of pyridine rings is 4. The molecule has 676 valence electrons. The van der Waals surface area contributed by atoms with E-state index in [4.69, 9.17) is 66.7 Å². The maximum absolute atomic E-state index is 12.2. The number of carbonyl (C=O) groups excluding carboxylic acids is 1. The van der Waals surface area contributed by atoms with Crippen LogP contribution in [0.25, 0.3) is 0 Å². The molecule has 0 radical (unpaired) electrons. The molecule has 13 aromatic rings. The number of aromatic amines is 1. The fraction of sp³-hybridized carbons (Fsp3) is 0.292. The molecule has 23 nitrogen and oxygen atoms in total. The number of hydrogen-bond donors (Lipinski definition) is 5. The summed E-state index contributed by atoms with van der Waals surface area (Å²) in [6.45, 7) is 9.69. The molecule has 4 saturated heterocycles. The Labute approximate surface area is 772 Å². The van der Waals surface area contributed by atoms with E-state index in [1.54, 1.807) is 24.5 Å². The lowest BCUT2D eigenvalue weighted by molar-refractivity contribution is -0.250. The van der Waals surface area contributed by atoms with Crippen LogP contribution in [0, 0.1) is 3.57 Å². The number of aromatic nitrogens is 4. The summed E-state index contributed by atoms with van der Waals surface area (Å²) >= 11 is 2.22. The number of nitrogens with one attached hydrogen (secondary N) is 1. The third-order valence-electron chi connectivity index (χ3n) is 22.1. The first-order valence-electron chi connectivity index (χ1n) is 43.8. The minimum atomic E-state index is -1.73. The van der Waals surface area contributed by atoms with Gasteiger partial charge in [0.15, 0.2) is 6.10 Å². The normalized spacial score (nSPS) is 22.3. The molecule has 8 heterocycles. The number of aliphatic hydroxyl groups excluding tert-OH is 3. The van der Waals surface area contributed by atoms with Gasteiger partial charge in [-0.2, -0.15) is 0 Å². The van der Waals surface area contributed by atoms with Crippen molar-refractivity contribution in [2.24, 2.45) is 0 Å². The first-order valence-corrected chi connectivity index (χ1v) is 44.8. The Morgan fingerprint density at radius 2 is 0.731 bits per heavy atom. The number of aliphatic hydroxyl groups is 4. The third kappa shape index (κ3) is 28.2. The van der Waals surface area contributed by atoms with Crippen LogP contribution in [0.4, 0.5) is 0 Å². The van der Waals surface area contributed by atoms with Gasteiger partial charge in [-0.25, -0.2) is 19.7 Å². The predicted octanol–water partition coefficient (Wildman–Crippen LogP) is 17.8. The Balaban J connectivity index is 0.000000145. The van der Waals surface area contributed by atoms with Crippen molar-refractivity contribution >= 4 is 28.6 Å². The van der Waals surface area contributed by atoms with E-state index in [-0.39, 0.29) is 60.9 Å². The zero-order valence-electron chi connectivity index (χ0n) is 72.8. The van der Waals surface area contributed by atoms with Gasteiger partial charge in [0.1, 0.15) is 87.0 Å². The molecule has 0 bridgehead atoms.